The Morgan fingerprint density at radius 2 is 1.97 bits per heavy atom. The molecule has 0 spiro atoms. The largest absolute Gasteiger partial charge is 1.00 e. The number of urea groups is 1. The predicted octanol–water partition coefficient (Wildman–Crippen LogP) is -6.11. The van der Waals surface area contributed by atoms with Gasteiger partial charge in [0, 0.05) is 13.6 Å². The Bertz CT molecular complexity index is 1070. The van der Waals surface area contributed by atoms with Crippen molar-refractivity contribution in [3.05, 3.63) is 35.9 Å². The van der Waals surface area contributed by atoms with Gasteiger partial charge in [-0.25, -0.2) is 9.79 Å². The molecule has 2 heterocycles. The molecule has 11 nitrogen and oxygen atoms in total. The van der Waals surface area contributed by atoms with Crippen molar-refractivity contribution in [2.75, 3.05) is 33.9 Å². The van der Waals surface area contributed by atoms with Gasteiger partial charge in [0.15, 0.2) is 12.2 Å². The molecule has 0 N–H and O–H groups in total. The molecule has 1 saturated heterocycles. The Morgan fingerprint density at radius 3 is 2.60 bits per heavy atom. The minimum atomic E-state index is -5.12. The van der Waals surface area contributed by atoms with Crippen LogP contribution in [0.3, 0.4) is 0 Å². The van der Waals surface area contributed by atoms with Crippen LogP contribution < -0.4 is 73.6 Å². The minimum Gasteiger partial charge on any atom is -0.790 e. The maximum absolute atomic E-state index is 13.0. The molecule has 0 aromatic heterocycles. The van der Waals surface area contributed by atoms with Crippen LogP contribution in [0.1, 0.15) is 12.0 Å². The van der Waals surface area contributed by atoms with Gasteiger partial charge in [-0.15, -0.1) is 6.42 Å². The number of phosphoric ester groups is 1. The number of amides is 3. The quantitative estimate of drug-likeness (QED) is 0.136. The van der Waals surface area contributed by atoms with E-state index in [2.05, 4.69) is 15.4 Å². The average molecular weight is 520 g/mol. The number of fused-ring (bicyclic) bond motifs is 1. The van der Waals surface area contributed by atoms with Gasteiger partial charge in [0.2, 0.25) is 0 Å². The molecule has 0 bridgehead atoms. The minimum absolute atomic E-state index is 0. The molecule has 35 heavy (non-hydrogen) atoms. The normalized spacial score (nSPS) is 19.6. The summed E-state index contributed by atoms with van der Waals surface area (Å²) in [7, 11) is -1.86. The third kappa shape index (κ3) is 7.91. The number of nitrogens with zero attached hydrogens (tertiary/aromatic N) is 4. The number of aliphatic imine (C=N–C) groups is 1. The number of imide groups is 1. The van der Waals surface area contributed by atoms with E-state index in [4.69, 9.17) is 11.2 Å². The van der Waals surface area contributed by atoms with Crippen molar-refractivity contribution in [3.63, 3.8) is 0 Å². The van der Waals surface area contributed by atoms with Crippen LogP contribution in [-0.2, 0) is 13.9 Å². The number of amidine groups is 1. The Balaban J connectivity index is 0.00000306. The summed E-state index contributed by atoms with van der Waals surface area (Å²) in [6.45, 7) is -0.595. The molecule has 1 fully saturated rings. The molecule has 176 valence electrons. The van der Waals surface area contributed by atoms with Gasteiger partial charge in [0.1, 0.15) is 11.6 Å². The first-order valence-electron chi connectivity index (χ1n) is 10.0. The molecule has 1 aromatic carbocycles. The third-order valence-corrected chi connectivity index (χ3v) is 5.70. The zero-order valence-corrected chi connectivity index (χ0v) is 25.0. The van der Waals surface area contributed by atoms with Crippen LogP contribution in [0.15, 0.2) is 35.3 Å². The molecule has 0 aliphatic carbocycles. The number of likely N-dealkylation sites (N-methyl/N-ethyl adjacent to an activating group) is 1. The molecule has 1 aromatic rings. The van der Waals surface area contributed by atoms with E-state index in [1.807, 2.05) is 24.3 Å². The van der Waals surface area contributed by atoms with Crippen LogP contribution in [0.4, 0.5) is 4.79 Å². The van der Waals surface area contributed by atoms with E-state index < -0.39 is 38.6 Å². The Morgan fingerprint density at radius 1 is 1.26 bits per heavy atom. The summed E-state index contributed by atoms with van der Waals surface area (Å²) in [5, 5.41) is 0. The Hall–Kier alpha value is -1.16. The maximum atomic E-state index is 13.0. The number of phosphoric acid groups is 1. The number of terminal acetylenes is 1. The topological polar surface area (TPSA) is 138 Å². The molecule has 3 rings (SSSR count). The fraction of sp³-hybridized carbons (Fsp3) is 0.381. The number of ether oxygens (including phenoxy) is 1. The van der Waals surface area contributed by atoms with Crippen LogP contribution in [0, 0.1) is 12.3 Å². The van der Waals surface area contributed by atoms with Crippen molar-refractivity contribution >= 4 is 31.7 Å². The molecule has 3 amide bonds. The molecule has 2 atom stereocenters. The van der Waals surface area contributed by atoms with Crippen LogP contribution in [0.5, 0.6) is 5.75 Å². The molecular formula is C21H23N4Na2O7P. The van der Waals surface area contributed by atoms with E-state index >= 15 is 0 Å². The van der Waals surface area contributed by atoms with Crippen LogP contribution in [0.25, 0.3) is 6.08 Å². The van der Waals surface area contributed by atoms with E-state index in [1.54, 1.807) is 31.2 Å². The molecule has 2 aliphatic rings. The zero-order chi connectivity index (χ0) is 24.2. The van der Waals surface area contributed by atoms with Gasteiger partial charge in [-0.2, -0.15) is 0 Å². The van der Waals surface area contributed by atoms with E-state index in [1.165, 1.54) is 4.90 Å². The van der Waals surface area contributed by atoms with Gasteiger partial charge in [-0.3, -0.25) is 14.6 Å². The standard InChI is InChI=1S/C21H25N4O7P.2Na/c1-4-11-25-20(26)18-19(24(21(25)27)12-6-13-32-33(28,29)30)22-17(23(18)2)10-9-15-7-5-8-16(14-15)31-3;;/h1,5,7-10,14,18-19H,6,11-13H2,2-3H3,(H2,28,29,30);;/q;2*+1/p-2/b10-9+;;. The number of benzene rings is 1. The summed E-state index contributed by atoms with van der Waals surface area (Å²) in [4.78, 5) is 55.8. The fourth-order valence-corrected chi connectivity index (χ4v) is 4.00. The fourth-order valence-electron chi connectivity index (χ4n) is 3.65. The van der Waals surface area contributed by atoms with Gasteiger partial charge >= 0.3 is 65.1 Å². The van der Waals surface area contributed by atoms with Crippen molar-refractivity contribution in [2.24, 2.45) is 4.99 Å². The van der Waals surface area contributed by atoms with Crippen LogP contribution in [-0.4, -0.2) is 78.5 Å². The van der Waals surface area contributed by atoms with Gasteiger partial charge < -0.3 is 28.5 Å². The zero-order valence-electron chi connectivity index (χ0n) is 20.1. The first-order chi connectivity index (χ1) is 15.7. The van der Waals surface area contributed by atoms with Gasteiger partial charge in [-0.1, -0.05) is 24.1 Å². The molecule has 14 heteroatoms. The van der Waals surface area contributed by atoms with Crippen molar-refractivity contribution in [2.45, 2.75) is 18.6 Å². The van der Waals surface area contributed by atoms with Gasteiger partial charge in [0.25, 0.3) is 5.91 Å². The Labute approximate surface area is 248 Å². The monoisotopic (exact) mass is 520 g/mol. The first-order valence-corrected chi connectivity index (χ1v) is 11.5. The second kappa shape index (κ2) is 14.0. The summed E-state index contributed by atoms with van der Waals surface area (Å²) in [6.07, 6.45) is 8.08. The predicted molar refractivity (Wildman–Crippen MR) is 116 cm³/mol. The number of carbonyl (C=O) groups is 2. The SMILES string of the molecule is C#CCN1C(=O)C2C(N=C(/C=C/c3cccc(OC)c3)N2C)N(CCCOP(=O)([O-])[O-])C1=O.[Na+].[Na+]. The van der Waals surface area contributed by atoms with Crippen molar-refractivity contribution in [1.82, 2.24) is 14.7 Å². The number of rotatable bonds is 9. The Kier molecular flexibility index (Phi) is 12.7. The van der Waals surface area contributed by atoms with Gasteiger partial charge in [0.05, 0.1) is 28.1 Å². The van der Waals surface area contributed by atoms with Crippen molar-refractivity contribution < 1.29 is 92.3 Å². The maximum Gasteiger partial charge on any atom is 1.00 e. The summed E-state index contributed by atoms with van der Waals surface area (Å²) in [5.41, 5.74) is 0.852. The second-order valence-electron chi connectivity index (χ2n) is 7.31. The average Bonchev–Trinajstić information content (AvgIpc) is 3.10. The van der Waals surface area contributed by atoms with E-state index in [0.717, 1.165) is 10.5 Å². The molecule has 2 unspecified atom stereocenters. The third-order valence-electron chi connectivity index (χ3n) is 5.20. The number of hydrogen-bond donors (Lipinski definition) is 0. The number of carbonyl (C=O) groups excluding carboxylic acids is 2. The van der Waals surface area contributed by atoms with E-state index in [-0.39, 0.29) is 78.6 Å². The number of hydrogen-bond acceptors (Lipinski definition) is 9. The molecule has 2 aliphatic heterocycles. The van der Waals surface area contributed by atoms with Crippen LogP contribution >= 0.6 is 7.82 Å². The molecule has 0 radical (unpaired) electrons. The smallest absolute Gasteiger partial charge is 0.790 e. The second-order valence-corrected chi connectivity index (χ2v) is 8.46. The summed E-state index contributed by atoms with van der Waals surface area (Å²) >= 11 is 0. The molecular weight excluding hydrogens is 497 g/mol. The van der Waals surface area contributed by atoms with Crippen molar-refractivity contribution in [1.29, 1.82) is 0 Å². The van der Waals surface area contributed by atoms with E-state index in [9.17, 15) is 23.9 Å². The van der Waals surface area contributed by atoms with Crippen LogP contribution in [0.2, 0.25) is 0 Å². The number of methoxy groups -OCH3 is 1. The van der Waals surface area contributed by atoms with E-state index in [0.29, 0.717) is 11.6 Å². The van der Waals surface area contributed by atoms with Gasteiger partial charge in [-0.05, 0) is 30.2 Å². The first kappa shape index (κ1) is 31.9. The summed E-state index contributed by atoms with van der Waals surface area (Å²) in [6, 6.07) is 5.93. The molecule has 0 saturated carbocycles. The van der Waals surface area contributed by atoms with Crippen molar-refractivity contribution in [3.8, 4) is 18.1 Å². The summed E-state index contributed by atoms with van der Waals surface area (Å²) in [5.74, 6) is 2.99. The summed E-state index contributed by atoms with van der Waals surface area (Å²) < 4.78 is 20.1.